The summed E-state index contributed by atoms with van der Waals surface area (Å²) in [5.41, 5.74) is 14.1. The number of hydrogen-bond acceptors (Lipinski definition) is 2. The first-order valence-corrected chi connectivity index (χ1v) is 18.4. The largest absolute Gasteiger partial charge is 0.265 e. The van der Waals surface area contributed by atoms with Gasteiger partial charge in [-0.2, -0.15) is 0 Å². The molecular formula is C52H34N2. The van der Waals surface area contributed by atoms with Gasteiger partial charge in [0.15, 0.2) is 0 Å². The number of fused-ring (bicyclic) bond motifs is 6. The molecule has 0 radical (unpaired) electrons. The van der Waals surface area contributed by atoms with E-state index in [0.717, 1.165) is 27.8 Å². The molecule has 0 bridgehead atoms. The molecule has 0 spiro atoms. The second kappa shape index (κ2) is 13.4. The highest BCUT2D eigenvalue weighted by molar-refractivity contribution is 6.25. The Morgan fingerprint density at radius 3 is 0.889 bits per heavy atom. The zero-order chi connectivity index (χ0) is 35.8. The molecule has 54 heavy (non-hydrogen) atoms. The van der Waals surface area contributed by atoms with Crippen molar-refractivity contribution in [3.05, 3.63) is 207 Å². The highest BCUT2D eigenvalue weighted by atomic mass is 14.6. The summed E-state index contributed by atoms with van der Waals surface area (Å²) in [4.78, 5) is 8.50. The third-order valence-electron chi connectivity index (χ3n) is 10.6. The van der Waals surface area contributed by atoms with Gasteiger partial charge in [-0.3, -0.25) is 9.97 Å². The highest BCUT2D eigenvalue weighted by Crippen LogP contribution is 2.39. The standard InChI is InChI=1S/C52H34N2/c1-2-16-49-47(14-1)48-15-3-4-17-50(48)52-34-43(18-19-51(49)52)41-12-6-10-39(29-41)37-8-5-9-38(28-37)40-11-7-13-42(30-40)46-32-44(35-20-24-53-25-21-35)31-45(33-46)36-22-26-54-27-23-36/h1-34H. The number of benzene rings is 8. The zero-order valence-electron chi connectivity index (χ0n) is 29.5. The maximum Gasteiger partial charge on any atom is 0.0273 e. The van der Waals surface area contributed by atoms with Crippen LogP contribution in [0.1, 0.15) is 0 Å². The molecule has 0 aliphatic heterocycles. The van der Waals surface area contributed by atoms with Crippen molar-refractivity contribution in [3.8, 4) is 66.8 Å². The minimum atomic E-state index is 1.14. The van der Waals surface area contributed by atoms with Gasteiger partial charge in [0, 0.05) is 24.8 Å². The Hall–Kier alpha value is -7.16. The van der Waals surface area contributed by atoms with E-state index >= 15 is 0 Å². The SMILES string of the molecule is c1cc(-c2cccc(-c3cc(-c4ccncc4)cc(-c4ccncc4)c3)c2)cc(-c2cccc(-c3ccc4c5ccccc5c5ccccc5c4c3)c2)c1. The number of aromatic nitrogens is 2. The molecular weight excluding hydrogens is 653 g/mol. The Kier molecular flexibility index (Phi) is 7.85. The molecule has 10 aromatic rings. The Bertz CT molecular complexity index is 2890. The quantitative estimate of drug-likeness (QED) is 0.163. The van der Waals surface area contributed by atoms with Gasteiger partial charge in [0.05, 0.1) is 0 Å². The molecule has 0 aliphatic carbocycles. The first kappa shape index (κ1) is 31.6. The van der Waals surface area contributed by atoms with Gasteiger partial charge in [-0.25, -0.2) is 0 Å². The fourth-order valence-electron chi connectivity index (χ4n) is 7.94. The molecule has 0 amide bonds. The van der Waals surface area contributed by atoms with Crippen LogP contribution in [0, 0.1) is 0 Å². The van der Waals surface area contributed by atoms with Gasteiger partial charge in [0.1, 0.15) is 0 Å². The second-order valence-electron chi connectivity index (χ2n) is 13.9. The zero-order valence-corrected chi connectivity index (χ0v) is 29.5. The lowest BCUT2D eigenvalue weighted by Gasteiger charge is -2.13. The van der Waals surface area contributed by atoms with Crippen LogP contribution in [0.25, 0.3) is 99.1 Å². The molecule has 0 saturated heterocycles. The van der Waals surface area contributed by atoms with E-state index in [4.69, 9.17) is 0 Å². The van der Waals surface area contributed by atoms with Gasteiger partial charge in [-0.05, 0) is 166 Å². The van der Waals surface area contributed by atoms with E-state index in [9.17, 15) is 0 Å². The summed E-state index contributed by atoms with van der Waals surface area (Å²) in [6, 6.07) is 66.3. The van der Waals surface area contributed by atoms with E-state index in [1.807, 2.05) is 24.8 Å². The van der Waals surface area contributed by atoms with Crippen LogP contribution in [0.3, 0.4) is 0 Å². The Labute approximate surface area is 314 Å². The molecule has 10 rings (SSSR count). The minimum absolute atomic E-state index is 1.14. The van der Waals surface area contributed by atoms with E-state index in [1.54, 1.807) is 0 Å². The first-order chi connectivity index (χ1) is 26.7. The van der Waals surface area contributed by atoms with Crippen molar-refractivity contribution in [1.82, 2.24) is 9.97 Å². The molecule has 252 valence electrons. The summed E-state index contributed by atoms with van der Waals surface area (Å²) in [5.74, 6) is 0. The molecule has 2 heterocycles. The fraction of sp³-hybridized carbons (Fsp3) is 0. The molecule has 2 heteroatoms. The van der Waals surface area contributed by atoms with E-state index < -0.39 is 0 Å². The minimum Gasteiger partial charge on any atom is -0.265 e. The predicted molar refractivity (Wildman–Crippen MR) is 227 cm³/mol. The summed E-state index contributed by atoms with van der Waals surface area (Å²) in [5, 5.41) is 7.75. The smallest absolute Gasteiger partial charge is 0.0273 e. The van der Waals surface area contributed by atoms with E-state index in [2.05, 4.69) is 192 Å². The summed E-state index contributed by atoms with van der Waals surface area (Å²) in [6.45, 7) is 0. The van der Waals surface area contributed by atoms with Gasteiger partial charge < -0.3 is 0 Å². The number of pyridine rings is 2. The fourth-order valence-corrected chi connectivity index (χ4v) is 7.94. The lowest BCUT2D eigenvalue weighted by Crippen LogP contribution is -1.88. The van der Waals surface area contributed by atoms with Gasteiger partial charge in [-0.15, -0.1) is 0 Å². The molecule has 8 aromatic carbocycles. The van der Waals surface area contributed by atoms with Crippen molar-refractivity contribution < 1.29 is 0 Å². The predicted octanol–water partition coefficient (Wildman–Crippen LogP) is 13.9. The molecule has 0 fully saturated rings. The third-order valence-corrected chi connectivity index (χ3v) is 10.6. The van der Waals surface area contributed by atoms with Crippen molar-refractivity contribution in [2.45, 2.75) is 0 Å². The van der Waals surface area contributed by atoms with Crippen molar-refractivity contribution in [3.63, 3.8) is 0 Å². The molecule has 0 atom stereocenters. The van der Waals surface area contributed by atoms with Crippen molar-refractivity contribution in [2.75, 3.05) is 0 Å². The topological polar surface area (TPSA) is 25.8 Å². The van der Waals surface area contributed by atoms with Gasteiger partial charge >= 0.3 is 0 Å². The summed E-state index contributed by atoms with van der Waals surface area (Å²) < 4.78 is 0. The van der Waals surface area contributed by atoms with Crippen molar-refractivity contribution in [2.24, 2.45) is 0 Å². The van der Waals surface area contributed by atoms with Crippen LogP contribution in [-0.4, -0.2) is 9.97 Å². The Morgan fingerprint density at radius 2 is 0.481 bits per heavy atom. The number of hydrogen-bond donors (Lipinski definition) is 0. The van der Waals surface area contributed by atoms with E-state index in [-0.39, 0.29) is 0 Å². The average molecular weight is 687 g/mol. The first-order valence-electron chi connectivity index (χ1n) is 18.4. The van der Waals surface area contributed by atoms with Crippen LogP contribution in [0.15, 0.2) is 207 Å². The maximum absolute atomic E-state index is 4.25. The normalized spacial score (nSPS) is 11.3. The van der Waals surface area contributed by atoms with Crippen LogP contribution < -0.4 is 0 Å². The van der Waals surface area contributed by atoms with Crippen LogP contribution in [0.5, 0.6) is 0 Å². The third kappa shape index (κ3) is 5.81. The lowest BCUT2D eigenvalue weighted by atomic mass is 9.91. The van der Waals surface area contributed by atoms with Crippen LogP contribution >= 0.6 is 0 Å². The maximum atomic E-state index is 4.25. The van der Waals surface area contributed by atoms with Crippen molar-refractivity contribution in [1.29, 1.82) is 0 Å². The molecule has 2 nitrogen and oxygen atoms in total. The Morgan fingerprint density at radius 1 is 0.185 bits per heavy atom. The van der Waals surface area contributed by atoms with Gasteiger partial charge in [0.25, 0.3) is 0 Å². The number of nitrogens with zero attached hydrogens (tertiary/aromatic N) is 2. The van der Waals surface area contributed by atoms with E-state index in [0.29, 0.717) is 0 Å². The van der Waals surface area contributed by atoms with Crippen LogP contribution in [-0.2, 0) is 0 Å². The number of rotatable bonds is 6. The molecule has 0 N–H and O–H groups in total. The Balaban J connectivity index is 1.02. The van der Waals surface area contributed by atoms with E-state index in [1.165, 1.54) is 71.3 Å². The average Bonchev–Trinajstić information content (AvgIpc) is 3.27. The molecule has 0 saturated carbocycles. The summed E-state index contributed by atoms with van der Waals surface area (Å²) >= 11 is 0. The van der Waals surface area contributed by atoms with Gasteiger partial charge in [0.2, 0.25) is 0 Å². The molecule has 2 aromatic heterocycles. The highest BCUT2D eigenvalue weighted by Gasteiger charge is 2.12. The second-order valence-corrected chi connectivity index (χ2v) is 13.9. The van der Waals surface area contributed by atoms with Crippen molar-refractivity contribution >= 4 is 32.3 Å². The molecule has 0 aliphatic rings. The monoisotopic (exact) mass is 686 g/mol. The molecule has 0 unspecified atom stereocenters. The van der Waals surface area contributed by atoms with Crippen LogP contribution in [0.4, 0.5) is 0 Å². The van der Waals surface area contributed by atoms with Crippen LogP contribution in [0.2, 0.25) is 0 Å². The lowest BCUT2D eigenvalue weighted by molar-refractivity contribution is 1.33. The van der Waals surface area contributed by atoms with Gasteiger partial charge in [-0.1, -0.05) is 115 Å². The summed E-state index contributed by atoms with van der Waals surface area (Å²) in [6.07, 6.45) is 7.40. The summed E-state index contributed by atoms with van der Waals surface area (Å²) in [7, 11) is 0.